The SMILES string of the molecule is O=C(c1cccc(-n2cccn2)c1)N1CCC(Cc2ccccc2)C1. The van der Waals surface area contributed by atoms with Gasteiger partial charge in [-0.3, -0.25) is 4.79 Å². The summed E-state index contributed by atoms with van der Waals surface area (Å²) in [7, 11) is 0. The Hall–Kier alpha value is -2.88. The van der Waals surface area contributed by atoms with Crippen LogP contribution in [0, 0.1) is 5.92 Å². The van der Waals surface area contributed by atoms with Crippen LogP contribution in [0.2, 0.25) is 0 Å². The van der Waals surface area contributed by atoms with Gasteiger partial charge in [-0.05, 0) is 48.6 Å². The zero-order valence-electron chi connectivity index (χ0n) is 14.1. The van der Waals surface area contributed by atoms with Gasteiger partial charge in [0.2, 0.25) is 0 Å². The van der Waals surface area contributed by atoms with Crippen LogP contribution in [-0.4, -0.2) is 33.7 Å². The molecule has 4 heteroatoms. The quantitative estimate of drug-likeness (QED) is 0.733. The van der Waals surface area contributed by atoms with Crippen molar-refractivity contribution in [1.82, 2.24) is 14.7 Å². The van der Waals surface area contributed by atoms with Gasteiger partial charge in [0.25, 0.3) is 5.91 Å². The molecule has 1 saturated heterocycles. The van der Waals surface area contributed by atoms with Crippen molar-refractivity contribution in [2.24, 2.45) is 5.92 Å². The molecule has 4 rings (SSSR count). The number of hydrogen-bond acceptors (Lipinski definition) is 2. The molecule has 0 bridgehead atoms. The van der Waals surface area contributed by atoms with Crippen LogP contribution in [0.3, 0.4) is 0 Å². The van der Waals surface area contributed by atoms with Crippen molar-refractivity contribution in [3.63, 3.8) is 0 Å². The van der Waals surface area contributed by atoms with Gasteiger partial charge in [0.15, 0.2) is 0 Å². The molecule has 1 fully saturated rings. The number of rotatable bonds is 4. The summed E-state index contributed by atoms with van der Waals surface area (Å²) in [5.74, 6) is 0.658. The molecule has 1 amide bonds. The second-order valence-corrected chi connectivity index (χ2v) is 6.60. The van der Waals surface area contributed by atoms with E-state index in [1.165, 1.54) is 5.56 Å². The zero-order valence-corrected chi connectivity index (χ0v) is 14.1. The first-order chi connectivity index (χ1) is 12.3. The summed E-state index contributed by atoms with van der Waals surface area (Å²) < 4.78 is 1.78. The molecule has 2 aromatic carbocycles. The van der Waals surface area contributed by atoms with E-state index in [2.05, 4.69) is 29.4 Å². The predicted octanol–water partition coefficient (Wildman–Crippen LogP) is 3.58. The first-order valence-corrected chi connectivity index (χ1v) is 8.73. The van der Waals surface area contributed by atoms with Gasteiger partial charge in [0.1, 0.15) is 0 Å². The molecule has 3 aromatic rings. The maximum absolute atomic E-state index is 12.9. The van der Waals surface area contributed by atoms with Gasteiger partial charge < -0.3 is 4.90 Å². The molecule has 0 spiro atoms. The fourth-order valence-electron chi connectivity index (χ4n) is 3.52. The topological polar surface area (TPSA) is 38.1 Å². The van der Waals surface area contributed by atoms with Crippen LogP contribution in [0.15, 0.2) is 73.1 Å². The molecular formula is C21H21N3O. The first kappa shape index (κ1) is 15.6. The Bertz CT molecular complexity index is 843. The highest BCUT2D eigenvalue weighted by Gasteiger charge is 2.27. The Morgan fingerprint density at radius 1 is 1.08 bits per heavy atom. The summed E-state index contributed by atoms with van der Waals surface area (Å²) in [5, 5.41) is 4.24. The number of amides is 1. The number of hydrogen-bond donors (Lipinski definition) is 0. The van der Waals surface area contributed by atoms with Gasteiger partial charge in [0.05, 0.1) is 5.69 Å². The molecule has 25 heavy (non-hydrogen) atoms. The molecule has 0 radical (unpaired) electrons. The van der Waals surface area contributed by atoms with E-state index >= 15 is 0 Å². The number of nitrogens with zero attached hydrogens (tertiary/aromatic N) is 3. The minimum Gasteiger partial charge on any atom is -0.338 e. The standard InChI is InChI=1S/C21H21N3O/c25-21(19-8-4-9-20(15-19)24-12-5-11-22-24)23-13-10-18(16-23)14-17-6-2-1-3-7-17/h1-9,11-12,15,18H,10,13-14,16H2. The van der Waals surface area contributed by atoms with E-state index in [0.29, 0.717) is 5.92 Å². The highest BCUT2D eigenvalue weighted by atomic mass is 16.2. The van der Waals surface area contributed by atoms with Crippen molar-refractivity contribution in [1.29, 1.82) is 0 Å². The van der Waals surface area contributed by atoms with Gasteiger partial charge in [0, 0.05) is 31.0 Å². The summed E-state index contributed by atoms with van der Waals surface area (Å²) >= 11 is 0. The summed E-state index contributed by atoms with van der Waals surface area (Å²) in [6.07, 6.45) is 5.73. The molecule has 0 N–H and O–H groups in total. The number of aromatic nitrogens is 2. The average molecular weight is 331 g/mol. The fraction of sp³-hybridized carbons (Fsp3) is 0.238. The Morgan fingerprint density at radius 2 is 1.96 bits per heavy atom. The molecule has 1 aliphatic heterocycles. The third kappa shape index (κ3) is 3.48. The van der Waals surface area contributed by atoms with Crippen LogP contribution in [-0.2, 0) is 6.42 Å². The van der Waals surface area contributed by atoms with Crippen LogP contribution in [0.1, 0.15) is 22.3 Å². The van der Waals surface area contributed by atoms with Crippen molar-refractivity contribution in [2.45, 2.75) is 12.8 Å². The molecule has 0 aliphatic carbocycles. The molecule has 1 aliphatic rings. The van der Waals surface area contributed by atoms with Gasteiger partial charge in [-0.2, -0.15) is 5.10 Å². The average Bonchev–Trinajstić information content (AvgIpc) is 3.34. The summed E-state index contributed by atoms with van der Waals surface area (Å²) in [5.41, 5.74) is 2.99. The van der Waals surface area contributed by atoms with Gasteiger partial charge in [-0.25, -0.2) is 4.68 Å². The van der Waals surface area contributed by atoms with Crippen molar-refractivity contribution in [3.8, 4) is 5.69 Å². The number of likely N-dealkylation sites (tertiary alicyclic amines) is 1. The summed E-state index contributed by atoms with van der Waals surface area (Å²) in [6, 6.07) is 20.1. The van der Waals surface area contributed by atoms with Crippen molar-refractivity contribution >= 4 is 5.91 Å². The third-order valence-corrected chi connectivity index (χ3v) is 4.80. The van der Waals surface area contributed by atoms with E-state index in [4.69, 9.17) is 0 Å². The lowest BCUT2D eigenvalue weighted by molar-refractivity contribution is 0.0787. The lowest BCUT2D eigenvalue weighted by Crippen LogP contribution is -2.29. The predicted molar refractivity (Wildman–Crippen MR) is 97.7 cm³/mol. The normalized spacial score (nSPS) is 17.0. The fourth-order valence-corrected chi connectivity index (χ4v) is 3.52. The van der Waals surface area contributed by atoms with Gasteiger partial charge in [-0.1, -0.05) is 36.4 Å². The minimum absolute atomic E-state index is 0.115. The lowest BCUT2D eigenvalue weighted by Gasteiger charge is -2.17. The zero-order chi connectivity index (χ0) is 17.1. The maximum Gasteiger partial charge on any atom is 0.253 e. The molecule has 1 aromatic heterocycles. The smallest absolute Gasteiger partial charge is 0.253 e. The van der Waals surface area contributed by atoms with Crippen LogP contribution >= 0.6 is 0 Å². The van der Waals surface area contributed by atoms with E-state index in [1.807, 2.05) is 47.5 Å². The maximum atomic E-state index is 12.9. The number of carbonyl (C=O) groups excluding carboxylic acids is 1. The Labute approximate surface area is 147 Å². The monoisotopic (exact) mass is 331 g/mol. The van der Waals surface area contributed by atoms with Crippen LogP contribution in [0.4, 0.5) is 0 Å². The molecule has 1 atom stereocenters. The van der Waals surface area contributed by atoms with Crippen LogP contribution in [0.5, 0.6) is 0 Å². The second kappa shape index (κ2) is 6.93. The van der Waals surface area contributed by atoms with Crippen LogP contribution < -0.4 is 0 Å². The molecule has 126 valence electrons. The van der Waals surface area contributed by atoms with E-state index in [-0.39, 0.29) is 5.91 Å². The molecular weight excluding hydrogens is 310 g/mol. The van der Waals surface area contributed by atoms with Gasteiger partial charge >= 0.3 is 0 Å². The molecule has 1 unspecified atom stereocenters. The molecule has 4 nitrogen and oxygen atoms in total. The molecule has 2 heterocycles. The summed E-state index contributed by atoms with van der Waals surface area (Å²) in [6.45, 7) is 1.67. The Balaban J connectivity index is 1.44. The van der Waals surface area contributed by atoms with E-state index < -0.39 is 0 Å². The van der Waals surface area contributed by atoms with E-state index in [0.717, 1.165) is 37.2 Å². The second-order valence-electron chi connectivity index (χ2n) is 6.60. The Morgan fingerprint density at radius 3 is 2.76 bits per heavy atom. The molecule has 0 saturated carbocycles. The van der Waals surface area contributed by atoms with E-state index in [9.17, 15) is 4.79 Å². The number of benzene rings is 2. The Kier molecular flexibility index (Phi) is 4.34. The first-order valence-electron chi connectivity index (χ1n) is 8.73. The van der Waals surface area contributed by atoms with E-state index in [1.54, 1.807) is 10.9 Å². The summed E-state index contributed by atoms with van der Waals surface area (Å²) in [4.78, 5) is 14.8. The van der Waals surface area contributed by atoms with Gasteiger partial charge in [-0.15, -0.1) is 0 Å². The largest absolute Gasteiger partial charge is 0.338 e. The van der Waals surface area contributed by atoms with Crippen LogP contribution in [0.25, 0.3) is 5.69 Å². The minimum atomic E-state index is 0.115. The highest BCUT2D eigenvalue weighted by molar-refractivity contribution is 5.95. The lowest BCUT2D eigenvalue weighted by atomic mass is 9.99. The van der Waals surface area contributed by atoms with Crippen molar-refractivity contribution in [3.05, 3.63) is 84.2 Å². The third-order valence-electron chi connectivity index (χ3n) is 4.80. The van der Waals surface area contributed by atoms with Crippen molar-refractivity contribution in [2.75, 3.05) is 13.1 Å². The van der Waals surface area contributed by atoms with Crippen molar-refractivity contribution < 1.29 is 4.79 Å². The number of carbonyl (C=O) groups is 1. The highest BCUT2D eigenvalue weighted by Crippen LogP contribution is 2.23.